The van der Waals surface area contributed by atoms with Gasteiger partial charge in [-0.1, -0.05) is 22.0 Å². The maximum absolute atomic E-state index is 11.0. The summed E-state index contributed by atoms with van der Waals surface area (Å²) in [7, 11) is 0. The number of alkyl halides is 1. The summed E-state index contributed by atoms with van der Waals surface area (Å²) in [5.41, 5.74) is 2.04. The van der Waals surface area contributed by atoms with Crippen LogP contribution in [0.15, 0.2) is 35.1 Å². The Labute approximate surface area is 83.7 Å². The van der Waals surface area contributed by atoms with Crippen LogP contribution < -0.4 is 5.56 Å². The van der Waals surface area contributed by atoms with Gasteiger partial charge in [0.1, 0.15) is 0 Å². The first-order valence-electron chi connectivity index (χ1n) is 3.97. The molecule has 2 aromatic rings. The molecule has 0 saturated heterocycles. The quantitative estimate of drug-likeness (QED) is 0.760. The Morgan fingerprint density at radius 1 is 1.23 bits per heavy atom. The second-order valence-electron chi connectivity index (χ2n) is 2.88. The molecule has 0 spiro atoms. The van der Waals surface area contributed by atoms with Crippen molar-refractivity contribution < 1.29 is 0 Å². The predicted molar refractivity (Wildman–Crippen MR) is 57.2 cm³/mol. The molecule has 0 bridgehead atoms. The lowest BCUT2D eigenvalue weighted by atomic mass is 10.1. The summed E-state index contributed by atoms with van der Waals surface area (Å²) >= 11 is 3.39. The zero-order chi connectivity index (χ0) is 9.26. The molecule has 0 amide bonds. The number of benzene rings is 1. The zero-order valence-corrected chi connectivity index (χ0v) is 8.47. The van der Waals surface area contributed by atoms with Crippen LogP contribution in [-0.4, -0.2) is 4.98 Å². The molecule has 66 valence electrons. The fourth-order valence-corrected chi connectivity index (χ4v) is 1.64. The third-order valence-electron chi connectivity index (χ3n) is 1.94. The molecule has 2 nitrogen and oxygen atoms in total. The minimum atomic E-state index is -0.0564. The lowest BCUT2D eigenvalue weighted by molar-refractivity contribution is 1.30. The highest BCUT2D eigenvalue weighted by Crippen LogP contribution is 2.13. The van der Waals surface area contributed by atoms with Crippen LogP contribution in [0.1, 0.15) is 5.56 Å². The summed E-state index contributed by atoms with van der Waals surface area (Å²) in [5, 5.41) is 1.90. The normalized spacial score (nSPS) is 10.5. The minimum Gasteiger partial charge on any atom is -0.322 e. The molecule has 2 rings (SSSR count). The topological polar surface area (TPSA) is 32.9 Å². The largest absolute Gasteiger partial charge is 0.322 e. The van der Waals surface area contributed by atoms with E-state index in [0.29, 0.717) is 0 Å². The van der Waals surface area contributed by atoms with Crippen molar-refractivity contribution in [3.63, 3.8) is 0 Å². The smallest absolute Gasteiger partial charge is 0.248 e. The maximum atomic E-state index is 11.0. The van der Waals surface area contributed by atoms with E-state index in [-0.39, 0.29) is 5.56 Å². The van der Waals surface area contributed by atoms with Crippen LogP contribution in [0.4, 0.5) is 0 Å². The highest BCUT2D eigenvalue weighted by molar-refractivity contribution is 9.08. The van der Waals surface area contributed by atoms with Crippen molar-refractivity contribution in [3.05, 3.63) is 46.2 Å². The van der Waals surface area contributed by atoms with Gasteiger partial charge in [0.05, 0.1) is 0 Å². The van der Waals surface area contributed by atoms with Gasteiger partial charge in [-0.05, 0) is 29.1 Å². The number of aromatic amines is 1. The molecular formula is C10H8BrNO. The number of pyridine rings is 1. The third kappa shape index (κ3) is 1.65. The van der Waals surface area contributed by atoms with Gasteiger partial charge < -0.3 is 4.98 Å². The molecule has 1 aromatic heterocycles. The number of hydrogen-bond donors (Lipinski definition) is 1. The molecule has 0 aliphatic carbocycles. The fraction of sp³-hybridized carbons (Fsp3) is 0.100. The molecule has 0 aliphatic rings. The molecule has 0 saturated carbocycles. The predicted octanol–water partition coefficient (Wildman–Crippen LogP) is 2.42. The molecule has 0 radical (unpaired) electrons. The number of halogens is 1. The summed E-state index contributed by atoms with van der Waals surface area (Å²) in [4.78, 5) is 13.7. The first kappa shape index (κ1) is 8.51. The van der Waals surface area contributed by atoms with Gasteiger partial charge in [-0.2, -0.15) is 0 Å². The number of hydrogen-bond acceptors (Lipinski definition) is 1. The average Bonchev–Trinajstić information content (AvgIpc) is 2.17. The van der Waals surface area contributed by atoms with E-state index < -0.39 is 0 Å². The average molecular weight is 238 g/mol. The van der Waals surface area contributed by atoms with E-state index in [0.717, 1.165) is 16.2 Å². The SMILES string of the molecule is O=c1ccc2cc(CBr)ccc2[nH]1. The van der Waals surface area contributed by atoms with E-state index >= 15 is 0 Å². The first-order valence-corrected chi connectivity index (χ1v) is 5.10. The van der Waals surface area contributed by atoms with Crippen LogP contribution in [0.25, 0.3) is 10.9 Å². The Bertz CT molecular complexity index is 489. The standard InChI is InChI=1S/C10H8BrNO/c11-6-7-1-3-9-8(5-7)2-4-10(13)12-9/h1-5H,6H2,(H,12,13). The van der Waals surface area contributed by atoms with E-state index in [4.69, 9.17) is 0 Å². The lowest BCUT2D eigenvalue weighted by Crippen LogP contribution is -2.02. The van der Waals surface area contributed by atoms with Gasteiger partial charge in [0.25, 0.3) is 0 Å². The number of aromatic nitrogens is 1. The van der Waals surface area contributed by atoms with Crippen molar-refractivity contribution in [1.29, 1.82) is 0 Å². The van der Waals surface area contributed by atoms with Gasteiger partial charge in [-0.15, -0.1) is 0 Å². The van der Waals surface area contributed by atoms with Gasteiger partial charge in [0.15, 0.2) is 0 Å². The van der Waals surface area contributed by atoms with E-state index in [9.17, 15) is 4.79 Å². The zero-order valence-electron chi connectivity index (χ0n) is 6.88. The summed E-state index contributed by atoms with van der Waals surface area (Å²) < 4.78 is 0. The van der Waals surface area contributed by atoms with Crippen molar-refractivity contribution in [1.82, 2.24) is 4.98 Å². The van der Waals surface area contributed by atoms with Crippen molar-refractivity contribution >= 4 is 26.8 Å². The molecule has 0 fully saturated rings. The second kappa shape index (κ2) is 3.34. The first-order chi connectivity index (χ1) is 6.29. The van der Waals surface area contributed by atoms with Crippen LogP contribution in [0.2, 0.25) is 0 Å². The Morgan fingerprint density at radius 3 is 2.85 bits per heavy atom. The molecule has 1 aromatic carbocycles. The summed E-state index contributed by atoms with van der Waals surface area (Å²) in [6.45, 7) is 0. The number of rotatable bonds is 1. The van der Waals surface area contributed by atoms with Gasteiger partial charge in [0, 0.05) is 16.9 Å². The molecule has 1 heterocycles. The maximum Gasteiger partial charge on any atom is 0.248 e. The van der Waals surface area contributed by atoms with E-state index in [1.54, 1.807) is 6.07 Å². The summed E-state index contributed by atoms with van der Waals surface area (Å²) in [6, 6.07) is 9.35. The van der Waals surface area contributed by atoms with Gasteiger partial charge in [-0.3, -0.25) is 4.79 Å². The molecule has 1 N–H and O–H groups in total. The van der Waals surface area contributed by atoms with Crippen LogP contribution in [-0.2, 0) is 5.33 Å². The van der Waals surface area contributed by atoms with Crippen molar-refractivity contribution in [3.8, 4) is 0 Å². The highest BCUT2D eigenvalue weighted by Gasteiger charge is 1.95. The van der Waals surface area contributed by atoms with Crippen molar-refractivity contribution in [2.45, 2.75) is 5.33 Å². The summed E-state index contributed by atoms with van der Waals surface area (Å²) in [5.74, 6) is 0. The molecule has 13 heavy (non-hydrogen) atoms. The minimum absolute atomic E-state index is 0.0564. The molecular weight excluding hydrogens is 230 g/mol. The third-order valence-corrected chi connectivity index (χ3v) is 2.59. The summed E-state index contributed by atoms with van der Waals surface area (Å²) in [6.07, 6.45) is 0. The Hall–Kier alpha value is -1.09. The van der Waals surface area contributed by atoms with E-state index in [1.807, 2.05) is 18.2 Å². The van der Waals surface area contributed by atoms with Gasteiger partial charge in [0.2, 0.25) is 5.56 Å². The molecule has 0 unspecified atom stereocenters. The second-order valence-corrected chi connectivity index (χ2v) is 3.44. The van der Waals surface area contributed by atoms with Crippen LogP contribution >= 0.6 is 15.9 Å². The fourth-order valence-electron chi connectivity index (χ4n) is 1.29. The number of fused-ring (bicyclic) bond motifs is 1. The Kier molecular flexibility index (Phi) is 2.19. The highest BCUT2D eigenvalue weighted by atomic mass is 79.9. The Morgan fingerprint density at radius 2 is 2.08 bits per heavy atom. The molecule has 0 aliphatic heterocycles. The van der Waals surface area contributed by atoms with Gasteiger partial charge >= 0.3 is 0 Å². The van der Waals surface area contributed by atoms with E-state index in [2.05, 4.69) is 27.0 Å². The van der Waals surface area contributed by atoms with Crippen molar-refractivity contribution in [2.75, 3.05) is 0 Å². The van der Waals surface area contributed by atoms with Crippen molar-refractivity contribution in [2.24, 2.45) is 0 Å². The monoisotopic (exact) mass is 237 g/mol. The van der Waals surface area contributed by atoms with Gasteiger partial charge in [-0.25, -0.2) is 0 Å². The number of H-pyrrole nitrogens is 1. The lowest BCUT2D eigenvalue weighted by Gasteiger charge is -1.99. The van der Waals surface area contributed by atoms with E-state index in [1.165, 1.54) is 5.56 Å². The van der Waals surface area contributed by atoms with Crippen LogP contribution in [0, 0.1) is 0 Å². The number of nitrogens with one attached hydrogen (secondary N) is 1. The molecule has 3 heteroatoms. The van der Waals surface area contributed by atoms with Crippen LogP contribution in [0.5, 0.6) is 0 Å². The Balaban J connectivity index is 2.73. The molecule has 0 atom stereocenters. The van der Waals surface area contributed by atoms with Crippen LogP contribution in [0.3, 0.4) is 0 Å².